The van der Waals surface area contributed by atoms with E-state index in [4.69, 9.17) is 0 Å². The molecule has 0 aliphatic heterocycles. The van der Waals surface area contributed by atoms with Gasteiger partial charge in [-0.3, -0.25) is 0 Å². The minimum absolute atomic E-state index is 0.366. The second kappa shape index (κ2) is 5.52. The molecule has 0 saturated carbocycles. The Bertz CT molecular complexity index is 48.0. The van der Waals surface area contributed by atoms with E-state index in [2.05, 4.69) is 41.7 Å². The molecule has 0 aromatic rings. The van der Waals surface area contributed by atoms with Crippen molar-refractivity contribution in [2.24, 2.45) is 0 Å². The second-order valence-electron chi connectivity index (χ2n) is 1.77. The van der Waals surface area contributed by atoms with Gasteiger partial charge in [-0.1, -0.05) is 0 Å². The van der Waals surface area contributed by atoms with Gasteiger partial charge in [-0.2, -0.15) is 0 Å². The SMILES string of the molecule is C[SeH](C)SS[SeH](C)C. The Morgan fingerprint density at radius 3 is 1.12 bits per heavy atom. The summed E-state index contributed by atoms with van der Waals surface area (Å²) in [5, 5.41) is 0. The van der Waals surface area contributed by atoms with Crippen LogP contribution in [0.25, 0.3) is 0 Å². The third kappa shape index (κ3) is 7.74. The van der Waals surface area contributed by atoms with Crippen molar-refractivity contribution in [3.8, 4) is 0 Å². The Balaban J connectivity index is 2.93. The van der Waals surface area contributed by atoms with E-state index in [0.29, 0.717) is 0 Å². The van der Waals surface area contributed by atoms with Gasteiger partial charge >= 0.3 is 67.3 Å². The van der Waals surface area contributed by atoms with Crippen molar-refractivity contribution in [2.45, 2.75) is 23.3 Å². The average Bonchev–Trinajstić information content (AvgIpc) is 1.61. The Morgan fingerprint density at radius 1 is 0.750 bits per heavy atom. The maximum absolute atomic E-state index is 2.39. The average molecular weight is 284 g/mol. The van der Waals surface area contributed by atoms with Gasteiger partial charge < -0.3 is 0 Å². The van der Waals surface area contributed by atoms with Crippen LogP contribution in [-0.4, -0.2) is 25.6 Å². The minimum atomic E-state index is -0.366. The van der Waals surface area contributed by atoms with Gasteiger partial charge in [0.25, 0.3) is 0 Å². The topological polar surface area (TPSA) is 0 Å². The van der Waals surface area contributed by atoms with Crippen molar-refractivity contribution in [1.29, 1.82) is 0 Å². The molecular weight excluding hydrogens is 270 g/mol. The molecule has 54 valence electrons. The predicted molar refractivity (Wildman–Crippen MR) is 52.9 cm³/mol. The van der Waals surface area contributed by atoms with E-state index < -0.39 is 0 Å². The van der Waals surface area contributed by atoms with E-state index in [1.54, 1.807) is 0 Å². The van der Waals surface area contributed by atoms with E-state index >= 15 is 0 Å². The van der Waals surface area contributed by atoms with Crippen molar-refractivity contribution in [3.63, 3.8) is 0 Å². The zero-order valence-electron chi connectivity index (χ0n) is 5.71. The quantitative estimate of drug-likeness (QED) is 0.576. The molecule has 0 radical (unpaired) electrons. The van der Waals surface area contributed by atoms with Crippen LogP contribution < -0.4 is 0 Å². The maximum atomic E-state index is 2.39. The molecule has 8 heavy (non-hydrogen) atoms. The molecule has 0 rings (SSSR count). The Hall–Kier alpha value is 1.74. The molecule has 0 aliphatic carbocycles. The van der Waals surface area contributed by atoms with Gasteiger partial charge in [-0.25, -0.2) is 0 Å². The molecule has 0 aromatic heterocycles. The van der Waals surface area contributed by atoms with Crippen LogP contribution in [-0.2, 0) is 0 Å². The third-order valence-electron chi connectivity index (χ3n) is 0.331. The molecule has 0 saturated heterocycles. The van der Waals surface area contributed by atoms with Crippen molar-refractivity contribution in [3.05, 3.63) is 0 Å². The van der Waals surface area contributed by atoms with Crippen LogP contribution in [0.1, 0.15) is 0 Å². The summed E-state index contributed by atoms with van der Waals surface area (Å²) in [5.74, 6) is 9.57. The van der Waals surface area contributed by atoms with Crippen LogP contribution in [0, 0.1) is 0 Å². The second-order valence-corrected chi connectivity index (χ2v) is 23.0. The molecular formula is C4H14S2Se2. The molecule has 0 unspecified atom stereocenters. The Kier molecular flexibility index (Phi) is 6.72. The summed E-state index contributed by atoms with van der Waals surface area (Å²) in [4.78, 5) is 0. The summed E-state index contributed by atoms with van der Waals surface area (Å²) in [7, 11) is 4.33. The van der Waals surface area contributed by atoms with Gasteiger partial charge in [0, 0.05) is 0 Å². The molecule has 0 N–H and O–H groups in total. The molecule has 4 heteroatoms. The fourth-order valence-electron chi connectivity index (χ4n) is 0.133. The normalized spacial score (nSPS) is 13.5. The zero-order chi connectivity index (χ0) is 6.57. The first kappa shape index (κ1) is 9.74. The van der Waals surface area contributed by atoms with Gasteiger partial charge in [0.05, 0.1) is 0 Å². The van der Waals surface area contributed by atoms with E-state index in [-0.39, 0.29) is 25.6 Å². The molecule has 0 spiro atoms. The van der Waals surface area contributed by atoms with Gasteiger partial charge in [-0.15, -0.1) is 0 Å². The van der Waals surface area contributed by atoms with Gasteiger partial charge in [0.2, 0.25) is 0 Å². The van der Waals surface area contributed by atoms with Crippen molar-refractivity contribution in [2.75, 3.05) is 0 Å². The predicted octanol–water partition coefficient (Wildman–Crippen LogP) is 2.33. The summed E-state index contributed by atoms with van der Waals surface area (Å²) in [6.45, 7) is 0. The molecule has 0 fully saturated rings. The van der Waals surface area contributed by atoms with Crippen LogP contribution in [0.4, 0.5) is 0 Å². The summed E-state index contributed by atoms with van der Waals surface area (Å²) < 4.78 is 0. The van der Waals surface area contributed by atoms with Crippen LogP contribution in [0.5, 0.6) is 0 Å². The number of rotatable bonds is 3. The van der Waals surface area contributed by atoms with Gasteiger partial charge in [-0.05, 0) is 0 Å². The molecule has 0 nitrogen and oxygen atoms in total. The van der Waals surface area contributed by atoms with Crippen LogP contribution in [0.2, 0.25) is 23.3 Å². The first-order valence-corrected chi connectivity index (χ1v) is 16.5. The van der Waals surface area contributed by atoms with E-state index in [1.165, 1.54) is 0 Å². The molecule has 0 heterocycles. The van der Waals surface area contributed by atoms with Gasteiger partial charge in [0.15, 0.2) is 0 Å². The first-order valence-electron chi connectivity index (χ1n) is 2.32. The molecule has 0 aromatic carbocycles. The fraction of sp³-hybridized carbons (Fsp3) is 1.00. The number of hydrogen-bond donors (Lipinski definition) is 0. The van der Waals surface area contributed by atoms with Crippen LogP contribution in [0.15, 0.2) is 0 Å². The molecule has 0 atom stereocenters. The summed E-state index contributed by atoms with van der Waals surface area (Å²) in [6, 6.07) is 0. The first-order chi connectivity index (χ1) is 3.63. The number of hydrogen-bond acceptors (Lipinski definition) is 2. The van der Waals surface area contributed by atoms with E-state index in [9.17, 15) is 0 Å². The van der Waals surface area contributed by atoms with Crippen LogP contribution >= 0.6 is 18.4 Å². The third-order valence-corrected chi connectivity index (χ3v) is 22.0. The standard InChI is InChI=1S/C4H14S2Se2/c1-7(2)5-6-8(3)4/h7-8H,1-4H3. The van der Waals surface area contributed by atoms with Crippen LogP contribution in [0.3, 0.4) is 0 Å². The van der Waals surface area contributed by atoms with Crippen molar-refractivity contribution in [1.82, 2.24) is 0 Å². The molecule has 0 amide bonds. The summed E-state index contributed by atoms with van der Waals surface area (Å²) in [5.41, 5.74) is 0. The molecule has 0 aliphatic rings. The van der Waals surface area contributed by atoms with Crippen molar-refractivity contribution < 1.29 is 0 Å². The van der Waals surface area contributed by atoms with Gasteiger partial charge in [0.1, 0.15) is 0 Å². The Labute approximate surface area is 66.9 Å². The van der Waals surface area contributed by atoms with E-state index in [0.717, 1.165) is 0 Å². The van der Waals surface area contributed by atoms with Crippen molar-refractivity contribution >= 4 is 44.0 Å². The Morgan fingerprint density at radius 2 is 1.00 bits per heavy atom. The zero-order valence-corrected chi connectivity index (χ0v) is 11.1. The molecule has 0 bridgehead atoms. The summed E-state index contributed by atoms with van der Waals surface area (Å²) >= 11 is -0.732. The summed E-state index contributed by atoms with van der Waals surface area (Å²) in [6.07, 6.45) is 0. The monoisotopic (exact) mass is 286 g/mol. The van der Waals surface area contributed by atoms with E-state index in [1.807, 2.05) is 0 Å². The fourth-order valence-corrected chi connectivity index (χ4v) is 32.4.